The molecule has 5 heteroatoms. The van der Waals surface area contributed by atoms with Crippen LogP contribution >= 0.6 is 11.3 Å². The van der Waals surface area contributed by atoms with E-state index in [9.17, 15) is 4.79 Å². The number of nitrogens with zero attached hydrogens (tertiary/aromatic N) is 2. The monoisotopic (exact) mass is 251 g/mol. The summed E-state index contributed by atoms with van der Waals surface area (Å²) in [6.07, 6.45) is 7.24. The van der Waals surface area contributed by atoms with Gasteiger partial charge in [-0.2, -0.15) is 0 Å². The van der Waals surface area contributed by atoms with E-state index in [2.05, 4.69) is 4.98 Å². The zero-order valence-corrected chi connectivity index (χ0v) is 10.7. The van der Waals surface area contributed by atoms with Gasteiger partial charge >= 0.3 is 0 Å². The number of aromatic nitrogens is 1. The zero-order valence-electron chi connectivity index (χ0n) is 9.93. The number of amides is 1. The number of aryl methyl sites for hydroxylation is 1. The molecular weight excluding hydrogens is 234 g/mol. The van der Waals surface area contributed by atoms with Crippen LogP contribution in [0.2, 0.25) is 0 Å². The summed E-state index contributed by atoms with van der Waals surface area (Å²) in [6, 6.07) is 0.131. The second-order valence-electron chi connectivity index (χ2n) is 4.30. The van der Waals surface area contributed by atoms with E-state index >= 15 is 0 Å². The van der Waals surface area contributed by atoms with Gasteiger partial charge in [0.2, 0.25) is 5.91 Å². The molecule has 2 heterocycles. The molecule has 2 rings (SSSR count). The highest BCUT2D eigenvalue weighted by atomic mass is 32.1. The molecule has 0 radical (unpaired) electrons. The predicted molar refractivity (Wildman–Crippen MR) is 69.7 cm³/mol. The van der Waals surface area contributed by atoms with E-state index in [-0.39, 0.29) is 11.9 Å². The topological polar surface area (TPSA) is 59.2 Å². The number of piperidine rings is 1. The van der Waals surface area contributed by atoms with Crippen LogP contribution in [0.4, 0.5) is 0 Å². The van der Waals surface area contributed by atoms with Crippen LogP contribution in [0.25, 0.3) is 6.08 Å². The maximum atomic E-state index is 11.9. The van der Waals surface area contributed by atoms with Gasteiger partial charge in [-0.15, -0.1) is 11.3 Å². The smallest absolute Gasteiger partial charge is 0.246 e. The van der Waals surface area contributed by atoms with Crippen LogP contribution in [-0.2, 0) is 4.79 Å². The largest absolute Gasteiger partial charge is 0.338 e. The fourth-order valence-corrected chi connectivity index (χ4v) is 2.61. The van der Waals surface area contributed by atoms with Crippen LogP contribution in [-0.4, -0.2) is 34.9 Å². The SMILES string of the molecule is Cc1ncc(/C=C/C(=O)N2CCCC(N)C2)s1. The molecule has 1 saturated heterocycles. The Kier molecular flexibility index (Phi) is 3.91. The first-order valence-corrected chi connectivity index (χ1v) is 6.62. The molecule has 4 nitrogen and oxygen atoms in total. The average molecular weight is 251 g/mol. The number of carbonyl (C=O) groups excluding carboxylic acids is 1. The molecule has 1 aliphatic heterocycles. The lowest BCUT2D eigenvalue weighted by molar-refractivity contribution is -0.127. The van der Waals surface area contributed by atoms with Gasteiger partial charge in [0.05, 0.1) is 5.01 Å². The zero-order chi connectivity index (χ0) is 12.3. The Morgan fingerprint density at radius 1 is 1.71 bits per heavy atom. The van der Waals surface area contributed by atoms with Crippen molar-refractivity contribution < 1.29 is 4.79 Å². The molecule has 1 amide bonds. The molecule has 17 heavy (non-hydrogen) atoms. The molecule has 1 aliphatic rings. The van der Waals surface area contributed by atoms with E-state index in [4.69, 9.17) is 5.73 Å². The minimum atomic E-state index is 0.0474. The van der Waals surface area contributed by atoms with Crippen LogP contribution in [0.3, 0.4) is 0 Å². The van der Waals surface area contributed by atoms with Gasteiger partial charge < -0.3 is 10.6 Å². The van der Waals surface area contributed by atoms with Gasteiger partial charge in [-0.3, -0.25) is 4.79 Å². The first-order chi connectivity index (χ1) is 8.15. The number of thiazole rings is 1. The Balaban J connectivity index is 1.94. The van der Waals surface area contributed by atoms with E-state index in [1.807, 2.05) is 17.9 Å². The van der Waals surface area contributed by atoms with Crippen LogP contribution in [0.5, 0.6) is 0 Å². The van der Waals surface area contributed by atoms with E-state index < -0.39 is 0 Å². The van der Waals surface area contributed by atoms with Gasteiger partial charge in [0.1, 0.15) is 0 Å². The van der Waals surface area contributed by atoms with Crippen molar-refractivity contribution in [3.05, 3.63) is 22.2 Å². The normalized spacial score (nSPS) is 21.1. The summed E-state index contributed by atoms with van der Waals surface area (Å²) >= 11 is 1.58. The van der Waals surface area contributed by atoms with Gasteiger partial charge in [0.25, 0.3) is 0 Å². The maximum Gasteiger partial charge on any atom is 0.246 e. The van der Waals surface area contributed by atoms with Crippen molar-refractivity contribution in [1.82, 2.24) is 9.88 Å². The van der Waals surface area contributed by atoms with E-state index in [1.54, 1.807) is 23.6 Å². The summed E-state index contributed by atoms with van der Waals surface area (Å²) < 4.78 is 0. The van der Waals surface area contributed by atoms with Crippen molar-refractivity contribution in [2.75, 3.05) is 13.1 Å². The molecule has 0 saturated carbocycles. The Morgan fingerprint density at radius 2 is 2.53 bits per heavy atom. The van der Waals surface area contributed by atoms with E-state index in [0.717, 1.165) is 29.3 Å². The Hall–Kier alpha value is -1.20. The standard InChI is InChI=1S/C12H17N3OS/c1-9-14-7-11(17-9)4-5-12(16)15-6-2-3-10(13)8-15/h4-5,7,10H,2-3,6,8,13H2,1H3/b5-4+. The lowest BCUT2D eigenvalue weighted by Crippen LogP contribution is -2.45. The highest BCUT2D eigenvalue weighted by Crippen LogP contribution is 2.14. The molecule has 1 atom stereocenters. The van der Waals surface area contributed by atoms with Gasteiger partial charge in [-0.25, -0.2) is 4.98 Å². The lowest BCUT2D eigenvalue weighted by Gasteiger charge is -2.29. The number of hydrogen-bond acceptors (Lipinski definition) is 4. The second-order valence-corrected chi connectivity index (χ2v) is 5.57. The molecule has 0 aromatic carbocycles. The molecule has 0 bridgehead atoms. The van der Waals surface area contributed by atoms with Crippen molar-refractivity contribution >= 4 is 23.3 Å². The minimum Gasteiger partial charge on any atom is -0.338 e. The number of likely N-dealkylation sites (tertiary alicyclic amines) is 1. The van der Waals surface area contributed by atoms with E-state index in [1.165, 1.54) is 0 Å². The first kappa shape index (κ1) is 12.3. The molecule has 0 aliphatic carbocycles. The Morgan fingerprint density at radius 3 is 3.18 bits per heavy atom. The van der Waals surface area contributed by atoms with E-state index in [0.29, 0.717) is 6.54 Å². The summed E-state index contributed by atoms with van der Waals surface area (Å²) in [5.41, 5.74) is 5.85. The summed E-state index contributed by atoms with van der Waals surface area (Å²) in [5.74, 6) is 0.0474. The van der Waals surface area contributed by atoms with Crippen molar-refractivity contribution in [2.45, 2.75) is 25.8 Å². The van der Waals surface area contributed by atoms with Crippen molar-refractivity contribution in [1.29, 1.82) is 0 Å². The van der Waals surface area contributed by atoms with Gasteiger partial charge in [-0.1, -0.05) is 0 Å². The average Bonchev–Trinajstić information content (AvgIpc) is 2.72. The molecule has 1 aromatic rings. The van der Waals surface area contributed by atoms with Gasteiger partial charge in [0, 0.05) is 36.3 Å². The second kappa shape index (κ2) is 5.42. The highest BCUT2D eigenvalue weighted by Gasteiger charge is 2.19. The molecule has 1 unspecified atom stereocenters. The molecule has 1 fully saturated rings. The third-order valence-electron chi connectivity index (χ3n) is 2.80. The Bertz CT molecular complexity index is 427. The third-order valence-corrected chi connectivity index (χ3v) is 3.68. The van der Waals surface area contributed by atoms with Crippen LogP contribution in [0.15, 0.2) is 12.3 Å². The molecule has 1 aromatic heterocycles. The molecule has 0 spiro atoms. The van der Waals surface area contributed by atoms with Crippen LogP contribution in [0.1, 0.15) is 22.7 Å². The van der Waals surface area contributed by atoms with Crippen molar-refractivity contribution in [2.24, 2.45) is 5.73 Å². The van der Waals surface area contributed by atoms with Crippen molar-refractivity contribution in [3.8, 4) is 0 Å². The highest BCUT2D eigenvalue weighted by molar-refractivity contribution is 7.12. The fraction of sp³-hybridized carbons (Fsp3) is 0.500. The molecule has 92 valence electrons. The predicted octanol–water partition coefficient (Wildman–Crippen LogP) is 1.41. The summed E-state index contributed by atoms with van der Waals surface area (Å²) in [6.45, 7) is 3.44. The van der Waals surface area contributed by atoms with Crippen LogP contribution in [0, 0.1) is 6.92 Å². The summed E-state index contributed by atoms with van der Waals surface area (Å²) in [4.78, 5) is 18.9. The lowest BCUT2D eigenvalue weighted by atomic mass is 10.1. The summed E-state index contributed by atoms with van der Waals surface area (Å²) in [7, 11) is 0. The fourth-order valence-electron chi connectivity index (χ4n) is 1.92. The maximum absolute atomic E-state index is 11.9. The number of carbonyl (C=O) groups is 1. The number of nitrogens with two attached hydrogens (primary N) is 1. The van der Waals surface area contributed by atoms with Crippen molar-refractivity contribution in [3.63, 3.8) is 0 Å². The number of hydrogen-bond donors (Lipinski definition) is 1. The van der Waals surface area contributed by atoms with Gasteiger partial charge in [0.15, 0.2) is 0 Å². The summed E-state index contributed by atoms with van der Waals surface area (Å²) in [5, 5.41) is 1.01. The third kappa shape index (κ3) is 3.38. The molecule has 2 N–H and O–H groups in total. The molecular formula is C12H17N3OS. The number of rotatable bonds is 2. The quantitative estimate of drug-likeness (QED) is 0.809. The minimum absolute atomic E-state index is 0.0474. The van der Waals surface area contributed by atoms with Crippen LogP contribution < -0.4 is 5.73 Å². The van der Waals surface area contributed by atoms with Gasteiger partial charge in [-0.05, 0) is 25.8 Å². The Labute approximate surface area is 105 Å². The first-order valence-electron chi connectivity index (χ1n) is 5.80.